The third-order valence-corrected chi connectivity index (χ3v) is 9.19. The maximum Gasteiger partial charge on any atom is 0.235 e. The van der Waals surface area contributed by atoms with Crippen molar-refractivity contribution >= 4 is 29.0 Å². The van der Waals surface area contributed by atoms with E-state index in [0.717, 1.165) is 0 Å². The number of ether oxygens (including phenoxy) is 3. The lowest BCUT2D eigenvalue weighted by molar-refractivity contribution is -0.182. The molecule has 0 aliphatic heterocycles. The molecule has 0 heterocycles. The smallest absolute Gasteiger partial charge is 0.235 e. The highest BCUT2D eigenvalue weighted by atomic mass is 16.5. The number of benzene rings is 2. The predicted octanol–water partition coefficient (Wildman–Crippen LogP) is 1.90. The number of carbonyl (C=O) groups is 5. The van der Waals surface area contributed by atoms with Crippen molar-refractivity contribution in [1.29, 1.82) is 0 Å². The molecule has 2 unspecified atom stereocenters. The Morgan fingerprint density at radius 2 is 1.60 bits per heavy atom. The van der Waals surface area contributed by atoms with E-state index in [9.17, 15) is 34.2 Å². The molecule has 0 aromatic heterocycles. The molecular formula is C31H33NO10. The third-order valence-electron chi connectivity index (χ3n) is 9.19. The largest absolute Gasteiger partial charge is 0.507 e. The number of fused-ring (bicyclic) bond motifs is 3. The van der Waals surface area contributed by atoms with Crippen molar-refractivity contribution in [3.05, 3.63) is 35.4 Å². The highest BCUT2D eigenvalue weighted by molar-refractivity contribution is 6.32. The van der Waals surface area contributed by atoms with Gasteiger partial charge in [-0.05, 0) is 54.0 Å². The number of methoxy groups -OCH3 is 3. The lowest BCUT2D eigenvalue weighted by Crippen LogP contribution is -2.71. The quantitative estimate of drug-likeness (QED) is 0.428. The second-order valence-electron chi connectivity index (χ2n) is 11.5. The summed E-state index contributed by atoms with van der Waals surface area (Å²) in [6.07, 6.45) is 0.111. The van der Waals surface area contributed by atoms with Gasteiger partial charge in [-0.3, -0.25) is 24.0 Å². The monoisotopic (exact) mass is 579 g/mol. The van der Waals surface area contributed by atoms with Gasteiger partial charge in [-0.1, -0.05) is 19.9 Å². The van der Waals surface area contributed by atoms with Gasteiger partial charge in [-0.2, -0.15) is 0 Å². The molecule has 4 N–H and O–H groups in total. The predicted molar refractivity (Wildman–Crippen MR) is 147 cm³/mol. The fourth-order valence-corrected chi connectivity index (χ4v) is 7.42. The summed E-state index contributed by atoms with van der Waals surface area (Å²) in [7, 11) is 4.40. The summed E-state index contributed by atoms with van der Waals surface area (Å²) in [4.78, 5) is 67.0. The molecule has 11 nitrogen and oxygen atoms in total. The lowest BCUT2D eigenvalue weighted by Gasteiger charge is -2.52. The van der Waals surface area contributed by atoms with Gasteiger partial charge in [-0.15, -0.1) is 0 Å². The molecule has 6 atom stereocenters. The molecule has 222 valence electrons. The topological polar surface area (TPSA) is 180 Å². The molecule has 2 fully saturated rings. The van der Waals surface area contributed by atoms with Crippen LogP contribution in [-0.2, 0) is 25.6 Å². The first kappa shape index (κ1) is 29.2. The second-order valence-corrected chi connectivity index (χ2v) is 11.5. The van der Waals surface area contributed by atoms with Crippen LogP contribution in [-0.4, -0.2) is 66.2 Å². The molecule has 2 aromatic carbocycles. The number of aliphatic hydroxyl groups is 1. The fraction of sp³-hybridized carbons (Fsp3) is 0.452. The third kappa shape index (κ3) is 3.86. The summed E-state index contributed by atoms with van der Waals surface area (Å²) in [6.45, 7) is 3.41. The Kier molecular flexibility index (Phi) is 7.13. The van der Waals surface area contributed by atoms with E-state index in [-0.39, 0.29) is 24.2 Å². The van der Waals surface area contributed by atoms with E-state index < -0.39 is 70.1 Å². The second kappa shape index (κ2) is 10.2. The number of aromatic hydroxyl groups is 1. The van der Waals surface area contributed by atoms with Crippen LogP contribution in [0.25, 0.3) is 11.1 Å². The average molecular weight is 580 g/mol. The van der Waals surface area contributed by atoms with Gasteiger partial charge < -0.3 is 30.2 Å². The van der Waals surface area contributed by atoms with Gasteiger partial charge in [0.1, 0.15) is 5.75 Å². The number of rotatable bonds is 6. The molecule has 2 aromatic rings. The van der Waals surface area contributed by atoms with Crippen LogP contribution < -0.4 is 19.9 Å². The van der Waals surface area contributed by atoms with Gasteiger partial charge in [0.25, 0.3) is 0 Å². The first-order valence-corrected chi connectivity index (χ1v) is 13.7. The van der Waals surface area contributed by atoms with E-state index in [1.165, 1.54) is 27.4 Å². The summed E-state index contributed by atoms with van der Waals surface area (Å²) in [5.74, 6) is -11.1. The van der Waals surface area contributed by atoms with Gasteiger partial charge in [0.2, 0.25) is 11.7 Å². The van der Waals surface area contributed by atoms with Gasteiger partial charge in [0.05, 0.1) is 32.8 Å². The lowest BCUT2D eigenvalue weighted by atomic mass is 9.49. The van der Waals surface area contributed by atoms with Gasteiger partial charge in [-0.25, -0.2) is 0 Å². The van der Waals surface area contributed by atoms with Crippen LogP contribution in [0.1, 0.15) is 36.2 Å². The highest BCUT2D eigenvalue weighted by Crippen LogP contribution is 2.54. The number of hydrogen-bond donors (Lipinski definition) is 3. The molecule has 1 amide bonds. The normalized spacial score (nSPS) is 28.6. The van der Waals surface area contributed by atoms with Crippen molar-refractivity contribution in [2.24, 2.45) is 41.2 Å². The molecule has 0 bridgehead atoms. The Bertz CT molecular complexity index is 1540. The zero-order valence-electron chi connectivity index (χ0n) is 23.9. The van der Waals surface area contributed by atoms with E-state index in [1.54, 1.807) is 32.0 Å². The minimum Gasteiger partial charge on any atom is -0.507 e. The summed E-state index contributed by atoms with van der Waals surface area (Å²) >= 11 is 0. The van der Waals surface area contributed by atoms with Crippen molar-refractivity contribution in [2.75, 3.05) is 21.3 Å². The number of ketones is 4. The Balaban J connectivity index is 1.68. The Hall–Kier alpha value is -4.25. The number of hydrogen-bond acceptors (Lipinski definition) is 10. The number of phenolic OH excluding ortho intramolecular Hbond substituents is 1. The Labute approximate surface area is 241 Å². The number of carbonyl (C=O) groups excluding carboxylic acids is 5. The van der Waals surface area contributed by atoms with Crippen LogP contribution >= 0.6 is 0 Å². The van der Waals surface area contributed by atoms with Gasteiger partial charge in [0, 0.05) is 17.4 Å². The molecule has 0 spiro atoms. The molecule has 5 rings (SSSR count). The first-order chi connectivity index (χ1) is 19.8. The zero-order valence-corrected chi connectivity index (χ0v) is 23.9. The maximum absolute atomic E-state index is 14.0. The van der Waals surface area contributed by atoms with Crippen molar-refractivity contribution in [2.45, 2.75) is 32.3 Å². The number of primary amides is 1. The maximum atomic E-state index is 14.0. The summed E-state index contributed by atoms with van der Waals surface area (Å²) in [6, 6.07) is 6.37. The Morgan fingerprint density at radius 1 is 0.952 bits per heavy atom. The Morgan fingerprint density at radius 3 is 2.17 bits per heavy atom. The van der Waals surface area contributed by atoms with Crippen LogP contribution in [0, 0.1) is 35.5 Å². The molecule has 2 saturated carbocycles. The van der Waals surface area contributed by atoms with Crippen molar-refractivity contribution in [3.63, 3.8) is 0 Å². The van der Waals surface area contributed by atoms with E-state index in [0.29, 0.717) is 33.9 Å². The van der Waals surface area contributed by atoms with Crippen LogP contribution in [0.15, 0.2) is 24.3 Å². The van der Waals surface area contributed by atoms with E-state index in [2.05, 4.69) is 0 Å². The highest BCUT2D eigenvalue weighted by Gasteiger charge is 2.69. The van der Waals surface area contributed by atoms with Gasteiger partial charge in [0.15, 0.2) is 46.2 Å². The molecule has 0 saturated heterocycles. The van der Waals surface area contributed by atoms with Crippen molar-refractivity contribution < 1.29 is 48.4 Å². The minimum atomic E-state index is -2.74. The van der Waals surface area contributed by atoms with Crippen molar-refractivity contribution in [3.8, 4) is 34.1 Å². The van der Waals surface area contributed by atoms with Crippen LogP contribution in [0.2, 0.25) is 0 Å². The summed E-state index contributed by atoms with van der Waals surface area (Å²) in [5, 5.41) is 22.6. The number of Topliss-reactive ketones (excluding diaryl/α,β-unsaturated/α-hetero) is 4. The van der Waals surface area contributed by atoms with Crippen LogP contribution in [0.4, 0.5) is 0 Å². The molecule has 3 aliphatic rings. The van der Waals surface area contributed by atoms with Gasteiger partial charge >= 0.3 is 0 Å². The van der Waals surface area contributed by atoms with Crippen LogP contribution in [0.3, 0.4) is 0 Å². The zero-order chi connectivity index (χ0) is 30.8. The van der Waals surface area contributed by atoms with E-state index >= 15 is 0 Å². The van der Waals surface area contributed by atoms with Crippen LogP contribution in [0.5, 0.6) is 23.0 Å². The number of amides is 1. The summed E-state index contributed by atoms with van der Waals surface area (Å²) in [5.41, 5.74) is 4.08. The first-order valence-electron chi connectivity index (χ1n) is 13.7. The molecule has 0 radical (unpaired) electrons. The fourth-order valence-electron chi connectivity index (χ4n) is 7.42. The standard InChI is InChI=1S/C31H33NO10/c1-12(2)20-17-11-13-10-16-14(15-7-9-19(40-3)27(42-5)26(15)41-4)6-8-18(33)22(16)25(35)21(13)28(36)31(17,39)29(37)23(24(20)34)30(32)38/h6-9,12-13,17,20-21,23,33,39H,10-11H2,1-5H3,(H2,32,38)/t13-,17-,20-,21?,23?,31-/m0/s1. The molecule has 3 aliphatic carbocycles. The van der Waals surface area contributed by atoms with E-state index in [4.69, 9.17) is 19.9 Å². The minimum absolute atomic E-state index is 0.0118. The van der Waals surface area contributed by atoms with Crippen molar-refractivity contribution in [1.82, 2.24) is 0 Å². The molecular weight excluding hydrogens is 546 g/mol. The number of nitrogens with two attached hydrogens (primary N) is 1. The average Bonchev–Trinajstić information content (AvgIpc) is 2.93. The molecule has 11 heteroatoms. The molecule has 42 heavy (non-hydrogen) atoms. The van der Waals surface area contributed by atoms with E-state index in [1.807, 2.05) is 0 Å². The number of phenols is 1. The SMILES string of the molecule is COc1ccc(-c2ccc(O)c3c2C[C@H]2C[C@H]4[C@H](C(C)C)C(=O)C(C(N)=O)C(=O)[C@@]4(O)C(=O)C2C3=O)c(OC)c1OC. The summed E-state index contributed by atoms with van der Waals surface area (Å²) < 4.78 is 16.6.